The maximum atomic E-state index is 5.91. The fourth-order valence-electron chi connectivity index (χ4n) is 3.04. The molecule has 3 aromatic rings. The van der Waals surface area contributed by atoms with Crippen LogP contribution in [0, 0.1) is 0 Å². The number of aromatic nitrogens is 5. The number of halogens is 1. The van der Waals surface area contributed by atoms with Gasteiger partial charge in [-0.05, 0) is 36.6 Å². The third-order valence-corrected chi connectivity index (χ3v) is 4.43. The molecule has 124 valence electrons. The molecule has 0 unspecified atom stereocenters. The molecule has 8 heteroatoms. The molecule has 1 fully saturated rings. The van der Waals surface area contributed by atoms with Gasteiger partial charge in [0.1, 0.15) is 5.52 Å². The molecule has 7 nitrogen and oxygen atoms in total. The molecule has 3 aromatic heterocycles. The molecule has 0 aliphatic carbocycles. The zero-order valence-corrected chi connectivity index (χ0v) is 13.8. The summed E-state index contributed by atoms with van der Waals surface area (Å²) in [6, 6.07) is 6.13. The number of fused-ring (bicyclic) bond motifs is 1. The molecule has 4 heterocycles. The molecule has 0 atom stereocenters. The summed E-state index contributed by atoms with van der Waals surface area (Å²) < 4.78 is 7.31. The van der Waals surface area contributed by atoms with Gasteiger partial charge in [0.05, 0.1) is 18.6 Å². The maximum Gasteiger partial charge on any atom is 0.226 e. The summed E-state index contributed by atoms with van der Waals surface area (Å²) in [6.45, 7) is 2.16. The lowest BCUT2D eigenvalue weighted by molar-refractivity contribution is 0.0844. The van der Waals surface area contributed by atoms with Crippen molar-refractivity contribution in [1.29, 1.82) is 0 Å². The Bertz CT molecular complexity index is 874. The molecule has 0 bridgehead atoms. The van der Waals surface area contributed by atoms with Crippen molar-refractivity contribution in [3.63, 3.8) is 0 Å². The molecular weight excluding hydrogens is 328 g/mol. The molecule has 0 saturated carbocycles. The number of imidazole rings is 1. The van der Waals surface area contributed by atoms with Gasteiger partial charge in [0, 0.05) is 24.8 Å². The number of rotatable bonds is 3. The van der Waals surface area contributed by atoms with Gasteiger partial charge in [0.25, 0.3) is 0 Å². The van der Waals surface area contributed by atoms with Crippen molar-refractivity contribution < 1.29 is 4.74 Å². The Balaban J connectivity index is 1.64. The zero-order chi connectivity index (χ0) is 16.5. The van der Waals surface area contributed by atoms with Crippen LogP contribution in [0.3, 0.4) is 0 Å². The van der Waals surface area contributed by atoms with Crippen LogP contribution in [0.1, 0.15) is 30.1 Å². The van der Waals surface area contributed by atoms with Gasteiger partial charge < -0.3 is 15.0 Å². The van der Waals surface area contributed by atoms with E-state index < -0.39 is 0 Å². The maximum absolute atomic E-state index is 5.91. The molecule has 2 N–H and O–H groups in total. The van der Waals surface area contributed by atoms with Crippen LogP contribution in [-0.2, 0) is 11.3 Å². The number of pyridine rings is 1. The van der Waals surface area contributed by atoms with Gasteiger partial charge in [-0.25, -0.2) is 4.98 Å². The molecule has 0 aromatic carbocycles. The number of nitrogen functional groups attached to an aromatic ring is 1. The highest BCUT2D eigenvalue weighted by atomic mass is 35.5. The Morgan fingerprint density at radius 3 is 2.88 bits per heavy atom. The summed E-state index contributed by atoms with van der Waals surface area (Å²) >= 11 is 5.91. The lowest BCUT2D eigenvalue weighted by Gasteiger charge is -2.21. The van der Waals surface area contributed by atoms with E-state index in [4.69, 9.17) is 27.1 Å². The number of hydrogen-bond acceptors (Lipinski definition) is 6. The monoisotopic (exact) mass is 344 g/mol. The minimum Gasteiger partial charge on any atom is -0.382 e. The Morgan fingerprint density at radius 1 is 1.21 bits per heavy atom. The summed E-state index contributed by atoms with van der Waals surface area (Å²) in [5.74, 6) is 0.748. The van der Waals surface area contributed by atoms with Crippen molar-refractivity contribution in [3.05, 3.63) is 41.2 Å². The average molecular weight is 345 g/mol. The largest absolute Gasteiger partial charge is 0.382 e. The van der Waals surface area contributed by atoms with Crippen molar-refractivity contribution >= 4 is 28.6 Å². The molecule has 1 aliphatic heterocycles. The van der Waals surface area contributed by atoms with Crippen molar-refractivity contribution in [1.82, 2.24) is 24.5 Å². The zero-order valence-electron chi connectivity index (χ0n) is 13.0. The normalized spacial score (nSPS) is 15.9. The fraction of sp³-hybridized carbons (Fsp3) is 0.375. The third kappa shape index (κ3) is 2.92. The minimum atomic E-state index is 0.116. The van der Waals surface area contributed by atoms with E-state index in [1.165, 1.54) is 0 Å². The highest BCUT2D eigenvalue weighted by molar-refractivity contribution is 6.28. The van der Waals surface area contributed by atoms with Gasteiger partial charge in [-0.3, -0.25) is 4.98 Å². The number of anilines is 1. The van der Waals surface area contributed by atoms with E-state index >= 15 is 0 Å². The third-order valence-electron chi connectivity index (χ3n) is 4.26. The van der Waals surface area contributed by atoms with Crippen molar-refractivity contribution in [2.45, 2.75) is 25.3 Å². The van der Waals surface area contributed by atoms with Crippen LogP contribution in [-0.4, -0.2) is 37.7 Å². The second-order valence-corrected chi connectivity index (χ2v) is 6.20. The first kappa shape index (κ1) is 15.3. The molecular formula is C16H17ClN6O. The first-order chi connectivity index (χ1) is 11.7. The molecule has 0 radical (unpaired) electrons. The van der Waals surface area contributed by atoms with E-state index in [0.29, 0.717) is 23.6 Å². The molecule has 24 heavy (non-hydrogen) atoms. The lowest BCUT2D eigenvalue weighted by Crippen LogP contribution is -2.15. The van der Waals surface area contributed by atoms with Crippen LogP contribution in [0.2, 0.25) is 5.28 Å². The fourth-order valence-corrected chi connectivity index (χ4v) is 3.21. The second-order valence-electron chi connectivity index (χ2n) is 5.86. The van der Waals surface area contributed by atoms with Gasteiger partial charge in [0.15, 0.2) is 11.5 Å². The van der Waals surface area contributed by atoms with Crippen LogP contribution in [0.5, 0.6) is 0 Å². The Hall–Kier alpha value is -2.25. The quantitative estimate of drug-likeness (QED) is 0.733. The molecule has 0 spiro atoms. The molecule has 0 amide bonds. The summed E-state index contributed by atoms with van der Waals surface area (Å²) in [6.07, 6.45) is 3.72. The first-order valence-electron chi connectivity index (χ1n) is 7.88. The molecule has 1 saturated heterocycles. The minimum absolute atomic E-state index is 0.116. The van der Waals surface area contributed by atoms with Gasteiger partial charge >= 0.3 is 0 Å². The van der Waals surface area contributed by atoms with E-state index in [9.17, 15) is 0 Å². The van der Waals surface area contributed by atoms with Crippen LogP contribution in [0.4, 0.5) is 5.82 Å². The van der Waals surface area contributed by atoms with Crippen LogP contribution < -0.4 is 5.73 Å². The standard InChI is InChI=1S/C16H17ClN6O/c17-16-21-14(18)13-15(22-16)23(9-19-13)8-11-2-1-3-12(20-11)10-4-6-24-7-5-10/h1-3,9-10H,4-8H2,(H2,18,21,22). The van der Waals surface area contributed by atoms with E-state index in [1.807, 2.05) is 16.7 Å². The van der Waals surface area contributed by atoms with E-state index in [0.717, 1.165) is 37.4 Å². The number of nitrogens with zero attached hydrogens (tertiary/aromatic N) is 5. The van der Waals surface area contributed by atoms with Crippen molar-refractivity contribution in [2.24, 2.45) is 0 Å². The van der Waals surface area contributed by atoms with Crippen LogP contribution in [0.15, 0.2) is 24.5 Å². The molecule has 1 aliphatic rings. The summed E-state index contributed by atoms with van der Waals surface area (Å²) in [5.41, 5.74) is 9.09. The van der Waals surface area contributed by atoms with E-state index in [1.54, 1.807) is 6.33 Å². The van der Waals surface area contributed by atoms with Gasteiger partial charge in [-0.15, -0.1) is 0 Å². The lowest BCUT2D eigenvalue weighted by atomic mass is 9.96. The Labute approximate surface area is 143 Å². The summed E-state index contributed by atoms with van der Waals surface area (Å²) in [7, 11) is 0. The van der Waals surface area contributed by atoms with Crippen LogP contribution in [0.25, 0.3) is 11.2 Å². The predicted molar refractivity (Wildman–Crippen MR) is 90.9 cm³/mol. The van der Waals surface area contributed by atoms with E-state index in [2.05, 4.69) is 21.0 Å². The van der Waals surface area contributed by atoms with Gasteiger partial charge in [-0.2, -0.15) is 9.97 Å². The highest BCUT2D eigenvalue weighted by Crippen LogP contribution is 2.25. The number of hydrogen-bond donors (Lipinski definition) is 1. The van der Waals surface area contributed by atoms with Crippen molar-refractivity contribution in [3.8, 4) is 0 Å². The van der Waals surface area contributed by atoms with Crippen molar-refractivity contribution in [2.75, 3.05) is 18.9 Å². The second kappa shape index (κ2) is 6.33. The average Bonchev–Trinajstić information content (AvgIpc) is 2.99. The van der Waals surface area contributed by atoms with Gasteiger partial charge in [0.2, 0.25) is 5.28 Å². The first-order valence-corrected chi connectivity index (χ1v) is 8.26. The predicted octanol–water partition coefficient (Wildman–Crippen LogP) is 2.40. The number of nitrogens with two attached hydrogens (primary N) is 1. The van der Waals surface area contributed by atoms with Gasteiger partial charge in [-0.1, -0.05) is 6.07 Å². The summed E-state index contributed by atoms with van der Waals surface area (Å²) in [5, 5.41) is 0.116. The molecule has 4 rings (SSSR count). The highest BCUT2D eigenvalue weighted by Gasteiger charge is 2.18. The van der Waals surface area contributed by atoms with Crippen LogP contribution >= 0.6 is 11.6 Å². The SMILES string of the molecule is Nc1nc(Cl)nc2c1ncn2Cc1cccc(C2CCOCC2)n1. The Kier molecular flexibility index (Phi) is 4.03. The summed E-state index contributed by atoms with van der Waals surface area (Å²) in [4.78, 5) is 17.3. The smallest absolute Gasteiger partial charge is 0.226 e. The Morgan fingerprint density at radius 2 is 2.04 bits per heavy atom. The van der Waals surface area contributed by atoms with E-state index in [-0.39, 0.29) is 11.1 Å². The number of ether oxygens (including phenoxy) is 1. The topological polar surface area (TPSA) is 91.7 Å².